The number of carbonyl (C=O) groups is 1. The third kappa shape index (κ3) is 5.18. The number of aliphatic hydroxyl groups is 1. The van der Waals surface area contributed by atoms with Gasteiger partial charge in [0, 0.05) is 18.7 Å². The molecule has 0 radical (unpaired) electrons. The number of aliphatic hydroxyl groups excluding tert-OH is 1. The lowest BCUT2D eigenvalue weighted by Gasteiger charge is -2.38. The first-order valence-corrected chi connectivity index (χ1v) is 8.11. The van der Waals surface area contributed by atoms with E-state index in [9.17, 15) is 9.90 Å². The first kappa shape index (κ1) is 17.7. The first-order chi connectivity index (χ1) is 11.0. The van der Waals surface area contributed by atoms with Crippen molar-refractivity contribution < 1.29 is 14.6 Å². The molecule has 1 aromatic heterocycles. The summed E-state index contributed by atoms with van der Waals surface area (Å²) in [5.41, 5.74) is 0.962. The van der Waals surface area contributed by atoms with Crippen LogP contribution in [0.25, 0.3) is 0 Å². The Morgan fingerprint density at radius 3 is 2.74 bits per heavy atom. The van der Waals surface area contributed by atoms with Gasteiger partial charge in [-0.3, -0.25) is 4.79 Å². The number of hydrogen-bond acceptors (Lipinski definition) is 5. The maximum atomic E-state index is 12.2. The first-order valence-electron chi connectivity index (χ1n) is 8.11. The Hall–Kier alpha value is -1.66. The van der Waals surface area contributed by atoms with Gasteiger partial charge in [-0.15, -0.1) is 0 Å². The minimum atomic E-state index is -0.251. The number of pyridine rings is 1. The van der Waals surface area contributed by atoms with Crippen molar-refractivity contribution in [1.29, 1.82) is 0 Å². The fourth-order valence-electron chi connectivity index (χ4n) is 2.87. The Kier molecular flexibility index (Phi) is 6.36. The fraction of sp³-hybridized carbons (Fsp3) is 0.647. The quantitative estimate of drug-likeness (QED) is 0.756. The maximum absolute atomic E-state index is 12.2. The highest BCUT2D eigenvalue weighted by molar-refractivity contribution is 5.76. The van der Waals surface area contributed by atoms with Crippen LogP contribution < -0.4 is 10.1 Å². The molecule has 0 aromatic carbocycles. The van der Waals surface area contributed by atoms with Crippen molar-refractivity contribution in [2.75, 3.05) is 27.7 Å². The van der Waals surface area contributed by atoms with Gasteiger partial charge in [-0.25, -0.2) is 4.98 Å². The van der Waals surface area contributed by atoms with Gasteiger partial charge in [0.15, 0.2) is 0 Å². The van der Waals surface area contributed by atoms with E-state index >= 15 is 0 Å². The second kappa shape index (κ2) is 8.26. The molecule has 1 aromatic rings. The van der Waals surface area contributed by atoms with E-state index in [4.69, 9.17) is 4.74 Å². The zero-order valence-corrected chi connectivity index (χ0v) is 14.2. The number of methoxy groups -OCH3 is 1. The smallest absolute Gasteiger partial charge is 0.220 e. The summed E-state index contributed by atoms with van der Waals surface area (Å²) < 4.78 is 5.08. The molecule has 23 heavy (non-hydrogen) atoms. The number of ether oxygens (including phenoxy) is 1. The standard InChI is InChI=1S/C17H27N3O3/c1-20(2)8-4-5-15(22)19-17(13-9-14(21)10-13)12-6-7-16(23-3)18-11-12/h6-7,11,13-14,17,21H,4-5,8-10H2,1-3H3,(H,19,22)/t13?,14?,17-/m0/s1. The van der Waals surface area contributed by atoms with Crippen LogP contribution in [0.3, 0.4) is 0 Å². The molecule has 6 nitrogen and oxygen atoms in total. The van der Waals surface area contributed by atoms with Crippen LogP contribution in [0.15, 0.2) is 18.3 Å². The molecule has 0 spiro atoms. The highest BCUT2D eigenvalue weighted by Gasteiger charge is 2.35. The molecule has 6 heteroatoms. The average Bonchev–Trinajstić information content (AvgIpc) is 2.50. The van der Waals surface area contributed by atoms with Crippen molar-refractivity contribution in [2.24, 2.45) is 5.92 Å². The number of amides is 1. The van der Waals surface area contributed by atoms with Gasteiger partial charge in [0.25, 0.3) is 0 Å². The van der Waals surface area contributed by atoms with E-state index in [0.29, 0.717) is 25.1 Å². The summed E-state index contributed by atoms with van der Waals surface area (Å²) in [4.78, 5) is 18.5. The van der Waals surface area contributed by atoms with E-state index in [1.807, 2.05) is 20.2 Å². The summed E-state index contributed by atoms with van der Waals surface area (Å²) in [6.45, 7) is 0.893. The highest BCUT2D eigenvalue weighted by atomic mass is 16.5. The van der Waals surface area contributed by atoms with Crippen molar-refractivity contribution >= 4 is 5.91 Å². The van der Waals surface area contributed by atoms with E-state index in [-0.39, 0.29) is 24.0 Å². The van der Waals surface area contributed by atoms with Crippen molar-refractivity contribution in [2.45, 2.75) is 37.8 Å². The number of hydrogen-bond donors (Lipinski definition) is 2. The second-order valence-electron chi connectivity index (χ2n) is 6.47. The minimum absolute atomic E-state index is 0.0501. The molecule has 1 atom stereocenters. The molecule has 1 saturated carbocycles. The van der Waals surface area contributed by atoms with Crippen LogP contribution in [0.2, 0.25) is 0 Å². The molecule has 2 N–H and O–H groups in total. The van der Waals surface area contributed by atoms with Gasteiger partial charge in [-0.05, 0) is 51.4 Å². The van der Waals surface area contributed by atoms with Crippen LogP contribution in [-0.2, 0) is 4.79 Å². The van der Waals surface area contributed by atoms with Gasteiger partial charge in [-0.1, -0.05) is 6.07 Å². The number of nitrogens with zero attached hydrogens (tertiary/aromatic N) is 2. The third-order valence-electron chi connectivity index (χ3n) is 4.27. The maximum Gasteiger partial charge on any atom is 0.220 e. The summed E-state index contributed by atoms with van der Waals surface area (Å²) in [5.74, 6) is 0.866. The SMILES string of the molecule is COc1ccc([C@H](NC(=O)CCCN(C)C)C2CC(O)C2)cn1. The Bertz CT molecular complexity index is 498. The molecule has 0 bridgehead atoms. The van der Waals surface area contributed by atoms with E-state index in [2.05, 4.69) is 15.2 Å². The van der Waals surface area contributed by atoms with Crippen LogP contribution in [0.5, 0.6) is 5.88 Å². The molecule has 1 amide bonds. The van der Waals surface area contributed by atoms with Gasteiger partial charge in [0.2, 0.25) is 11.8 Å². The Morgan fingerprint density at radius 1 is 1.48 bits per heavy atom. The lowest BCUT2D eigenvalue weighted by Crippen LogP contribution is -2.41. The van der Waals surface area contributed by atoms with Crippen molar-refractivity contribution in [1.82, 2.24) is 15.2 Å². The zero-order valence-electron chi connectivity index (χ0n) is 14.2. The van der Waals surface area contributed by atoms with Crippen LogP contribution >= 0.6 is 0 Å². The number of rotatable bonds is 8. The van der Waals surface area contributed by atoms with Gasteiger partial charge >= 0.3 is 0 Å². The normalized spacial score (nSPS) is 21.6. The minimum Gasteiger partial charge on any atom is -0.481 e. The Labute approximate surface area is 137 Å². The van der Waals surface area contributed by atoms with E-state index in [1.165, 1.54) is 0 Å². The van der Waals surface area contributed by atoms with Crippen LogP contribution in [0.4, 0.5) is 0 Å². The molecule has 0 aliphatic heterocycles. The van der Waals surface area contributed by atoms with Crippen molar-refractivity contribution in [3.05, 3.63) is 23.9 Å². The molecule has 1 heterocycles. The molecule has 0 saturated heterocycles. The van der Waals surface area contributed by atoms with Gasteiger partial charge in [0.05, 0.1) is 19.3 Å². The van der Waals surface area contributed by atoms with Crippen molar-refractivity contribution in [3.63, 3.8) is 0 Å². The molecular formula is C17H27N3O3. The molecule has 2 rings (SSSR count). The summed E-state index contributed by atoms with van der Waals surface area (Å²) in [6, 6.07) is 3.64. The van der Waals surface area contributed by atoms with E-state index in [0.717, 1.165) is 18.5 Å². The summed E-state index contributed by atoms with van der Waals surface area (Å²) in [7, 11) is 5.58. The number of carbonyl (C=O) groups excluding carboxylic acids is 1. The molecule has 1 aliphatic carbocycles. The van der Waals surface area contributed by atoms with Crippen LogP contribution in [-0.4, -0.2) is 54.8 Å². The Balaban J connectivity index is 1.98. The average molecular weight is 321 g/mol. The topological polar surface area (TPSA) is 74.7 Å². The molecule has 1 fully saturated rings. The number of nitrogens with one attached hydrogen (secondary N) is 1. The predicted octanol–water partition coefficient (Wildman–Crippen LogP) is 1.36. The zero-order chi connectivity index (χ0) is 16.8. The van der Waals surface area contributed by atoms with Crippen LogP contribution in [0.1, 0.15) is 37.3 Å². The Morgan fingerprint density at radius 2 is 2.22 bits per heavy atom. The van der Waals surface area contributed by atoms with E-state index in [1.54, 1.807) is 19.4 Å². The fourth-order valence-corrected chi connectivity index (χ4v) is 2.87. The predicted molar refractivity (Wildman–Crippen MR) is 88.2 cm³/mol. The molecule has 128 valence electrons. The van der Waals surface area contributed by atoms with E-state index < -0.39 is 0 Å². The monoisotopic (exact) mass is 321 g/mol. The summed E-state index contributed by atoms with van der Waals surface area (Å²) in [6.07, 6.45) is 4.27. The molecule has 1 aliphatic rings. The highest BCUT2D eigenvalue weighted by Crippen LogP contribution is 2.38. The van der Waals surface area contributed by atoms with Gasteiger partial charge < -0.3 is 20.1 Å². The lowest BCUT2D eigenvalue weighted by molar-refractivity contribution is -0.123. The third-order valence-corrected chi connectivity index (χ3v) is 4.27. The summed E-state index contributed by atoms with van der Waals surface area (Å²) >= 11 is 0. The second-order valence-corrected chi connectivity index (χ2v) is 6.47. The largest absolute Gasteiger partial charge is 0.481 e. The van der Waals surface area contributed by atoms with Gasteiger partial charge in [-0.2, -0.15) is 0 Å². The molecule has 0 unspecified atom stereocenters. The van der Waals surface area contributed by atoms with Crippen molar-refractivity contribution in [3.8, 4) is 5.88 Å². The summed E-state index contributed by atoms with van der Waals surface area (Å²) in [5, 5.41) is 12.7. The number of aromatic nitrogens is 1. The molecular weight excluding hydrogens is 294 g/mol. The van der Waals surface area contributed by atoms with Crippen LogP contribution in [0, 0.1) is 5.92 Å². The van der Waals surface area contributed by atoms with Gasteiger partial charge in [0.1, 0.15) is 0 Å². The lowest BCUT2D eigenvalue weighted by atomic mass is 9.75.